The third kappa shape index (κ3) is 1.18. The Labute approximate surface area is 65.0 Å². The highest BCUT2D eigenvalue weighted by atomic mass is 79.9. The van der Waals surface area contributed by atoms with Crippen LogP contribution in [0.25, 0.3) is 0 Å². The summed E-state index contributed by atoms with van der Waals surface area (Å²) in [5, 5.41) is 8.44. The molecule has 5 heteroatoms. The molecule has 10 heavy (non-hydrogen) atoms. The average Bonchev–Trinajstić information content (AvgIpc) is 2.10. The fourth-order valence-electron chi connectivity index (χ4n) is 0.563. The van der Waals surface area contributed by atoms with Gasteiger partial charge in [-0.25, -0.2) is 4.79 Å². The topological polar surface area (TPSA) is 63.3 Å². The third-order valence-electron chi connectivity index (χ3n) is 0.973. The van der Waals surface area contributed by atoms with Gasteiger partial charge in [0.1, 0.15) is 5.76 Å². The highest BCUT2D eigenvalue weighted by Crippen LogP contribution is 2.13. The van der Waals surface area contributed by atoms with E-state index < -0.39 is 5.97 Å². The standard InChI is InChI=1S/C5H4BrNO3/c1-2-3(4(8)9)7-5(6)10-2/h1H3,(H,8,9). The van der Waals surface area contributed by atoms with Crippen LogP contribution in [0.15, 0.2) is 9.22 Å². The van der Waals surface area contributed by atoms with E-state index >= 15 is 0 Å². The van der Waals surface area contributed by atoms with Gasteiger partial charge in [-0.15, -0.1) is 0 Å². The summed E-state index contributed by atoms with van der Waals surface area (Å²) in [6.07, 6.45) is 0. The Morgan fingerprint density at radius 1 is 1.80 bits per heavy atom. The monoisotopic (exact) mass is 205 g/mol. The smallest absolute Gasteiger partial charge is 0.358 e. The van der Waals surface area contributed by atoms with E-state index in [-0.39, 0.29) is 10.5 Å². The Bertz CT molecular complexity index is 268. The van der Waals surface area contributed by atoms with Crippen LogP contribution in [0.3, 0.4) is 0 Å². The van der Waals surface area contributed by atoms with Crippen molar-refractivity contribution in [2.24, 2.45) is 0 Å². The van der Waals surface area contributed by atoms with Crippen molar-refractivity contribution in [3.8, 4) is 0 Å². The first kappa shape index (κ1) is 7.27. The van der Waals surface area contributed by atoms with Crippen molar-refractivity contribution in [3.05, 3.63) is 16.3 Å². The predicted molar refractivity (Wildman–Crippen MR) is 35.9 cm³/mol. The summed E-state index contributed by atoms with van der Waals surface area (Å²) in [5.41, 5.74) is -0.0492. The van der Waals surface area contributed by atoms with E-state index in [1.165, 1.54) is 0 Å². The summed E-state index contributed by atoms with van der Waals surface area (Å²) in [6.45, 7) is 1.54. The zero-order valence-electron chi connectivity index (χ0n) is 5.09. The maximum atomic E-state index is 10.3. The van der Waals surface area contributed by atoms with E-state index in [1.807, 2.05) is 0 Å². The fraction of sp³-hybridized carbons (Fsp3) is 0.200. The molecule has 0 aliphatic rings. The number of oxazole rings is 1. The second-order valence-corrected chi connectivity index (χ2v) is 2.36. The molecule has 1 aromatic rings. The third-order valence-corrected chi connectivity index (χ3v) is 1.31. The van der Waals surface area contributed by atoms with E-state index in [1.54, 1.807) is 6.92 Å². The molecule has 1 aromatic heterocycles. The molecule has 1 heterocycles. The molecule has 0 atom stereocenters. The van der Waals surface area contributed by atoms with E-state index in [0.29, 0.717) is 5.76 Å². The lowest BCUT2D eigenvalue weighted by Crippen LogP contribution is -1.97. The number of hydrogen-bond acceptors (Lipinski definition) is 3. The molecule has 1 rings (SSSR count). The van der Waals surface area contributed by atoms with E-state index in [4.69, 9.17) is 9.52 Å². The number of carboxylic acids is 1. The van der Waals surface area contributed by atoms with Crippen molar-refractivity contribution in [1.29, 1.82) is 0 Å². The molecule has 0 spiro atoms. The summed E-state index contributed by atoms with van der Waals surface area (Å²) in [4.78, 5) is 14.0. The van der Waals surface area contributed by atoms with Crippen molar-refractivity contribution in [1.82, 2.24) is 4.98 Å². The SMILES string of the molecule is Cc1oc(Br)nc1C(=O)O. The number of hydrogen-bond donors (Lipinski definition) is 1. The average molecular weight is 206 g/mol. The molecular formula is C5H4BrNO3. The van der Waals surface area contributed by atoms with Crippen molar-refractivity contribution < 1.29 is 14.3 Å². The Morgan fingerprint density at radius 3 is 2.60 bits per heavy atom. The first-order valence-electron chi connectivity index (χ1n) is 2.47. The summed E-state index contributed by atoms with van der Waals surface area (Å²) in [7, 11) is 0. The Morgan fingerprint density at radius 2 is 2.40 bits per heavy atom. The Balaban J connectivity index is 3.15. The number of carboxylic acid groups (broad SMARTS) is 1. The van der Waals surface area contributed by atoms with Crippen molar-refractivity contribution >= 4 is 21.9 Å². The fourth-order valence-corrected chi connectivity index (χ4v) is 0.983. The number of halogens is 1. The lowest BCUT2D eigenvalue weighted by molar-refractivity contribution is 0.0689. The van der Waals surface area contributed by atoms with E-state index in [9.17, 15) is 4.79 Å². The van der Waals surface area contributed by atoms with Crippen LogP contribution in [0.4, 0.5) is 0 Å². The van der Waals surface area contributed by atoms with Crippen molar-refractivity contribution in [2.45, 2.75) is 6.92 Å². The van der Waals surface area contributed by atoms with Gasteiger partial charge in [0.2, 0.25) is 0 Å². The highest BCUT2D eigenvalue weighted by molar-refractivity contribution is 9.10. The Hall–Kier alpha value is -0.840. The first-order chi connectivity index (χ1) is 4.61. The minimum absolute atomic E-state index is 0.0492. The largest absolute Gasteiger partial charge is 0.476 e. The van der Waals surface area contributed by atoms with Crippen LogP contribution in [0.1, 0.15) is 16.2 Å². The summed E-state index contributed by atoms with van der Waals surface area (Å²) >= 11 is 2.91. The second-order valence-electron chi connectivity index (χ2n) is 1.68. The van der Waals surface area contributed by atoms with Gasteiger partial charge in [-0.05, 0) is 6.92 Å². The van der Waals surface area contributed by atoms with Gasteiger partial charge in [-0.1, -0.05) is 0 Å². The van der Waals surface area contributed by atoms with E-state index in [2.05, 4.69) is 20.9 Å². The molecule has 0 aliphatic heterocycles. The van der Waals surface area contributed by atoms with Gasteiger partial charge in [0.05, 0.1) is 0 Å². The normalized spacial score (nSPS) is 9.80. The van der Waals surface area contributed by atoms with Crippen LogP contribution in [0.5, 0.6) is 0 Å². The number of nitrogens with zero attached hydrogens (tertiary/aromatic N) is 1. The van der Waals surface area contributed by atoms with Crippen LogP contribution in [0, 0.1) is 6.92 Å². The minimum Gasteiger partial charge on any atom is -0.476 e. The quantitative estimate of drug-likeness (QED) is 0.754. The molecule has 0 amide bonds. The maximum absolute atomic E-state index is 10.3. The van der Waals surface area contributed by atoms with Gasteiger partial charge in [-0.3, -0.25) is 0 Å². The molecule has 0 aliphatic carbocycles. The maximum Gasteiger partial charge on any atom is 0.358 e. The number of aryl methyl sites for hydroxylation is 1. The van der Waals surface area contributed by atoms with Crippen molar-refractivity contribution in [3.63, 3.8) is 0 Å². The molecule has 1 N–H and O–H groups in total. The highest BCUT2D eigenvalue weighted by Gasteiger charge is 2.13. The number of aromatic carboxylic acids is 1. The molecule has 0 bridgehead atoms. The van der Waals surface area contributed by atoms with Gasteiger partial charge in [0.25, 0.3) is 4.80 Å². The van der Waals surface area contributed by atoms with Gasteiger partial charge in [-0.2, -0.15) is 4.98 Å². The molecule has 0 saturated carbocycles. The zero-order chi connectivity index (χ0) is 7.72. The summed E-state index contributed by atoms with van der Waals surface area (Å²) in [6, 6.07) is 0. The lowest BCUT2D eigenvalue weighted by atomic mass is 10.4. The molecule has 0 radical (unpaired) electrons. The summed E-state index contributed by atoms with van der Waals surface area (Å²) in [5.74, 6) is -0.772. The van der Waals surface area contributed by atoms with Crippen LogP contribution in [0.2, 0.25) is 0 Å². The van der Waals surface area contributed by atoms with Gasteiger partial charge >= 0.3 is 5.97 Å². The van der Waals surface area contributed by atoms with Crippen LogP contribution >= 0.6 is 15.9 Å². The molecule has 0 fully saturated rings. The van der Waals surface area contributed by atoms with Gasteiger partial charge < -0.3 is 9.52 Å². The minimum atomic E-state index is -1.08. The number of carbonyl (C=O) groups is 1. The zero-order valence-corrected chi connectivity index (χ0v) is 6.67. The van der Waals surface area contributed by atoms with Crippen LogP contribution in [-0.2, 0) is 0 Å². The van der Waals surface area contributed by atoms with Gasteiger partial charge in [0, 0.05) is 15.9 Å². The van der Waals surface area contributed by atoms with Crippen LogP contribution in [-0.4, -0.2) is 16.1 Å². The molecule has 0 aromatic carbocycles. The molecule has 54 valence electrons. The first-order valence-corrected chi connectivity index (χ1v) is 3.27. The van der Waals surface area contributed by atoms with Crippen LogP contribution < -0.4 is 0 Å². The molecular weight excluding hydrogens is 202 g/mol. The molecule has 4 nitrogen and oxygen atoms in total. The van der Waals surface area contributed by atoms with Gasteiger partial charge in [0.15, 0.2) is 5.69 Å². The number of rotatable bonds is 1. The molecule has 0 unspecified atom stereocenters. The predicted octanol–water partition coefficient (Wildman–Crippen LogP) is 1.44. The number of aromatic nitrogens is 1. The van der Waals surface area contributed by atoms with E-state index in [0.717, 1.165) is 0 Å². The second kappa shape index (κ2) is 2.42. The lowest BCUT2D eigenvalue weighted by Gasteiger charge is -1.82. The summed E-state index contributed by atoms with van der Waals surface area (Å²) < 4.78 is 4.80. The Kier molecular flexibility index (Phi) is 1.76. The van der Waals surface area contributed by atoms with Crippen molar-refractivity contribution in [2.75, 3.05) is 0 Å². The molecule has 0 saturated heterocycles.